The van der Waals surface area contributed by atoms with Crippen LogP contribution in [0.4, 0.5) is 20.2 Å². The molecule has 9 heteroatoms. The Morgan fingerprint density at radius 3 is 2.56 bits per heavy atom. The second-order valence-electron chi connectivity index (χ2n) is 7.75. The van der Waals surface area contributed by atoms with E-state index in [1.165, 1.54) is 11.8 Å². The molecule has 1 aliphatic rings. The van der Waals surface area contributed by atoms with Gasteiger partial charge in [-0.15, -0.1) is 11.8 Å². The fraction of sp³-hybridized carbons (Fsp3) is 0.160. The SMILES string of the molecule is O=C(CCN1C(=O)CSc2ccccc21)Nc1ccc(-c2nc3ccccc3n2C(F)F)cc1. The van der Waals surface area contributed by atoms with Gasteiger partial charge in [0.25, 0.3) is 0 Å². The molecular weight excluding hydrogens is 458 g/mol. The Hall–Kier alpha value is -3.72. The number of halogens is 2. The lowest BCUT2D eigenvalue weighted by molar-refractivity contribution is -0.117. The molecule has 34 heavy (non-hydrogen) atoms. The average Bonchev–Trinajstić information content (AvgIpc) is 3.24. The van der Waals surface area contributed by atoms with E-state index < -0.39 is 6.55 Å². The van der Waals surface area contributed by atoms with Crippen LogP contribution in [0, 0.1) is 0 Å². The quantitative estimate of drug-likeness (QED) is 0.394. The van der Waals surface area contributed by atoms with Crippen LogP contribution < -0.4 is 10.2 Å². The first-order valence-electron chi connectivity index (χ1n) is 10.7. The first-order chi connectivity index (χ1) is 16.5. The van der Waals surface area contributed by atoms with Crippen LogP contribution >= 0.6 is 11.8 Å². The zero-order valence-electron chi connectivity index (χ0n) is 17.9. The van der Waals surface area contributed by atoms with Gasteiger partial charge in [-0.05, 0) is 48.5 Å². The molecule has 4 aromatic rings. The van der Waals surface area contributed by atoms with Crippen molar-refractivity contribution in [3.8, 4) is 11.4 Å². The summed E-state index contributed by atoms with van der Waals surface area (Å²) in [6.45, 7) is -2.46. The minimum Gasteiger partial charge on any atom is -0.326 e. The van der Waals surface area contributed by atoms with Gasteiger partial charge in [0.05, 0.1) is 22.5 Å². The van der Waals surface area contributed by atoms with Gasteiger partial charge in [0, 0.05) is 29.1 Å². The molecule has 0 atom stereocenters. The Morgan fingerprint density at radius 2 is 1.76 bits per heavy atom. The number of fused-ring (bicyclic) bond motifs is 2. The molecule has 172 valence electrons. The molecule has 0 saturated carbocycles. The summed E-state index contributed by atoms with van der Waals surface area (Å²) in [5.74, 6) is 0.247. The summed E-state index contributed by atoms with van der Waals surface area (Å²) < 4.78 is 28.3. The van der Waals surface area contributed by atoms with E-state index in [1.807, 2.05) is 24.3 Å². The van der Waals surface area contributed by atoms with Gasteiger partial charge in [0.2, 0.25) is 11.8 Å². The lowest BCUT2D eigenvalue weighted by atomic mass is 10.2. The third-order valence-corrected chi connectivity index (χ3v) is 6.64. The van der Waals surface area contributed by atoms with Gasteiger partial charge in [0.1, 0.15) is 5.82 Å². The summed E-state index contributed by atoms with van der Waals surface area (Å²) in [6.07, 6.45) is 0.133. The number of alkyl halides is 2. The molecular formula is C25H20F2N4O2S. The number of hydrogen-bond acceptors (Lipinski definition) is 4. The Kier molecular flexibility index (Phi) is 6.02. The maximum atomic E-state index is 13.7. The van der Waals surface area contributed by atoms with Crippen molar-refractivity contribution in [2.45, 2.75) is 17.9 Å². The van der Waals surface area contributed by atoms with Crippen molar-refractivity contribution >= 4 is 46.0 Å². The summed E-state index contributed by atoms with van der Waals surface area (Å²) in [6, 6.07) is 21.0. The van der Waals surface area contributed by atoms with E-state index in [0.29, 0.717) is 28.0 Å². The number of aromatic nitrogens is 2. The smallest absolute Gasteiger partial charge is 0.320 e. The van der Waals surface area contributed by atoms with Crippen LogP contribution in [0.1, 0.15) is 13.0 Å². The van der Waals surface area contributed by atoms with Crippen molar-refractivity contribution in [3.63, 3.8) is 0 Å². The third kappa shape index (κ3) is 4.26. The highest BCUT2D eigenvalue weighted by Crippen LogP contribution is 2.35. The Morgan fingerprint density at radius 1 is 1.03 bits per heavy atom. The number of hydrogen-bond donors (Lipinski definition) is 1. The summed E-state index contributed by atoms with van der Waals surface area (Å²) in [5.41, 5.74) is 2.72. The van der Waals surface area contributed by atoms with Crippen LogP contribution in [0.15, 0.2) is 77.7 Å². The zero-order valence-corrected chi connectivity index (χ0v) is 18.8. The van der Waals surface area contributed by atoms with E-state index in [9.17, 15) is 18.4 Å². The molecule has 2 heterocycles. The molecule has 3 aromatic carbocycles. The van der Waals surface area contributed by atoms with Gasteiger partial charge in [-0.1, -0.05) is 24.3 Å². The van der Waals surface area contributed by atoms with Gasteiger partial charge in [-0.2, -0.15) is 8.78 Å². The molecule has 6 nitrogen and oxygen atoms in total. The number of nitrogens with one attached hydrogen (secondary N) is 1. The fourth-order valence-corrected chi connectivity index (χ4v) is 4.92. The van der Waals surface area contributed by atoms with Gasteiger partial charge in [-0.25, -0.2) is 4.98 Å². The summed E-state index contributed by atoms with van der Waals surface area (Å²) in [4.78, 5) is 31.9. The van der Waals surface area contributed by atoms with Crippen molar-refractivity contribution in [2.75, 3.05) is 22.5 Å². The van der Waals surface area contributed by atoms with Crippen molar-refractivity contribution in [1.29, 1.82) is 0 Å². The van der Waals surface area contributed by atoms with E-state index in [4.69, 9.17) is 0 Å². The number of thioether (sulfide) groups is 1. The van der Waals surface area contributed by atoms with Crippen molar-refractivity contribution in [3.05, 3.63) is 72.8 Å². The van der Waals surface area contributed by atoms with E-state index in [1.54, 1.807) is 53.4 Å². The summed E-state index contributed by atoms with van der Waals surface area (Å²) in [5, 5.41) is 2.81. The average molecular weight is 479 g/mol. The van der Waals surface area contributed by atoms with Crippen LogP contribution in [0.2, 0.25) is 0 Å². The first kappa shape index (κ1) is 22.1. The molecule has 0 unspecified atom stereocenters. The predicted octanol–water partition coefficient (Wildman–Crippen LogP) is 5.57. The lowest BCUT2D eigenvalue weighted by Crippen LogP contribution is -2.37. The molecule has 0 radical (unpaired) electrons. The number of nitrogens with zero attached hydrogens (tertiary/aromatic N) is 3. The van der Waals surface area contributed by atoms with Crippen LogP contribution in [0.3, 0.4) is 0 Å². The Bertz CT molecular complexity index is 1370. The molecule has 1 N–H and O–H groups in total. The number of imidazole rings is 1. The third-order valence-electron chi connectivity index (χ3n) is 5.59. The van der Waals surface area contributed by atoms with Gasteiger partial charge >= 0.3 is 6.55 Å². The maximum absolute atomic E-state index is 13.7. The van der Waals surface area contributed by atoms with Crippen molar-refractivity contribution < 1.29 is 18.4 Å². The largest absolute Gasteiger partial charge is 0.326 e. The first-order valence-corrected chi connectivity index (χ1v) is 11.7. The maximum Gasteiger partial charge on any atom is 0.320 e. The Labute approximate surface area is 198 Å². The standard InChI is InChI=1S/C25H20F2N4O2S/c26-25(27)31-19-6-2-1-5-18(19)29-24(31)16-9-11-17(12-10-16)28-22(32)13-14-30-20-7-3-4-8-21(20)34-15-23(30)33/h1-12,25H,13-15H2,(H,28,32). The number of para-hydroxylation sites is 3. The van der Waals surface area contributed by atoms with Crippen LogP contribution in [-0.2, 0) is 9.59 Å². The molecule has 0 aliphatic carbocycles. The van der Waals surface area contributed by atoms with Gasteiger partial charge < -0.3 is 10.2 Å². The van der Waals surface area contributed by atoms with E-state index in [-0.39, 0.29) is 30.6 Å². The molecule has 0 bridgehead atoms. The van der Waals surface area contributed by atoms with Crippen LogP contribution in [0.5, 0.6) is 0 Å². The number of rotatable bonds is 6. The van der Waals surface area contributed by atoms with E-state index >= 15 is 0 Å². The number of carbonyl (C=O) groups excluding carboxylic acids is 2. The number of amides is 2. The molecule has 2 amide bonds. The van der Waals surface area contributed by atoms with Crippen LogP contribution in [0.25, 0.3) is 22.4 Å². The highest BCUT2D eigenvalue weighted by atomic mass is 32.2. The number of carbonyl (C=O) groups is 2. The van der Waals surface area contributed by atoms with Crippen molar-refractivity contribution in [2.24, 2.45) is 0 Å². The normalized spacial score (nSPS) is 13.4. The molecule has 1 aliphatic heterocycles. The molecule has 0 fully saturated rings. The molecule has 1 aromatic heterocycles. The van der Waals surface area contributed by atoms with E-state index in [2.05, 4.69) is 10.3 Å². The highest BCUT2D eigenvalue weighted by Gasteiger charge is 2.24. The molecule has 0 spiro atoms. The number of benzene rings is 3. The lowest BCUT2D eigenvalue weighted by Gasteiger charge is -2.28. The molecule has 0 saturated heterocycles. The molecule has 5 rings (SSSR count). The minimum atomic E-state index is -2.73. The highest BCUT2D eigenvalue weighted by molar-refractivity contribution is 8.00. The zero-order chi connectivity index (χ0) is 23.7. The summed E-state index contributed by atoms with van der Waals surface area (Å²) >= 11 is 1.50. The second-order valence-corrected chi connectivity index (χ2v) is 8.77. The Balaban J connectivity index is 1.27. The van der Waals surface area contributed by atoms with Gasteiger partial charge in [-0.3, -0.25) is 14.2 Å². The fourth-order valence-electron chi connectivity index (χ4n) is 3.98. The summed E-state index contributed by atoms with van der Waals surface area (Å²) in [7, 11) is 0. The number of anilines is 2. The van der Waals surface area contributed by atoms with Crippen molar-refractivity contribution in [1.82, 2.24) is 9.55 Å². The topological polar surface area (TPSA) is 67.2 Å². The minimum absolute atomic E-state index is 0.0252. The van der Waals surface area contributed by atoms with Crippen LogP contribution in [-0.4, -0.2) is 33.7 Å². The second kappa shape index (κ2) is 9.26. The predicted molar refractivity (Wildman–Crippen MR) is 129 cm³/mol. The van der Waals surface area contributed by atoms with E-state index in [0.717, 1.165) is 15.1 Å². The monoisotopic (exact) mass is 478 g/mol. The van der Waals surface area contributed by atoms with Gasteiger partial charge in [0.15, 0.2) is 0 Å².